The molecule has 2 aromatic carbocycles. The number of benzene rings is 2. The highest BCUT2D eigenvalue weighted by Gasteiger charge is 2.33. The standard InChI is InChI=1S/C21H25N3O2.CH4O4S/c1-22-16-10-5-8-14-18(16)20(25)15-9-6-11-17(19(15)21(14)26)23-12-7-13-24(2,3)4;1-5-6(2,3)4/h5-6,8-11H,7,12-13H2,1-4H3,(H-,22,23,25,26);1H3,(H,2,3,4). The number of nitrogens with one attached hydrogen (secondary N) is 2. The minimum atomic E-state index is -4.41. The zero-order chi connectivity index (χ0) is 24.1. The summed E-state index contributed by atoms with van der Waals surface area (Å²) in [5, 5.41) is 6.37. The van der Waals surface area contributed by atoms with Crippen LogP contribution in [0.5, 0.6) is 0 Å². The molecule has 3 rings (SSSR count). The van der Waals surface area contributed by atoms with Gasteiger partial charge in [-0.1, -0.05) is 24.3 Å². The molecule has 9 nitrogen and oxygen atoms in total. The Labute approximate surface area is 188 Å². The lowest BCUT2D eigenvalue weighted by Gasteiger charge is -2.25. The average molecular weight is 464 g/mol. The van der Waals surface area contributed by atoms with Gasteiger partial charge in [0, 0.05) is 42.5 Å². The summed E-state index contributed by atoms with van der Waals surface area (Å²) in [5.74, 6) is -0.198. The van der Waals surface area contributed by atoms with Crippen LogP contribution in [0.25, 0.3) is 0 Å². The van der Waals surface area contributed by atoms with E-state index in [9.17, 15) is 22.6 Å². The first-order valence-electron chi connectivity index (χ1n) is 9.98. The Balaban J connectivity index is 0.000000534. The predicted molar refractivity (Wildman–Crippen MR) is 122 cm³/mol. The second-order valence-corrected chi connectivity index (χ2v) is 9.38. The highest BCUT2D eigenvalue weighted by molar-refractivity contribution is 7.80. The van der Waals surface area contributed by atoms with Crippen LogP contribution in [0.2, 0.25) is 0 Å². The summed E-state index contributed by atoms with van der Waals surface area (Å²) in [4.78, 5) is 26.1. The van der Waals surface area contributed by atoms with Crippen molar-refractivity contribution >= 4 is 33.3 Å². The van der Waals surface area contributed by atoms with Gasteiger partial charge in [0.1, 0.15) is 0 Å². The number of carbonyl (C=O) groups excluding carboxylic acids is 2. The van der Waals surface area contributed by atoms with Gasteiger partial charge in [0.15, 0.2) is 11.6 Å². The van der Waals surface area contributed by atoms with Gasteiger partial charge in [0.05, 0.1) is 45.9 Å². The van der Waals surface area contributed by atoms with Gasteiger partial charge in [-0.2, -0.15) is 0 Å². The van der Waals surface area contributed by atoms with Crippen LogP contribution in [-0.4, -0.2) is 77.4 Å². The molecule has 10 heteroatoms. The van der Waals surface area contributed by atoms with E-state index in [1.54, 1.807) is 25.2 Å². The third-order valence-corrected chi connectivity index (χ3v) is 5.28. The van der Waals surface area contributed by atoms with E-state index in [1.807, 2.05) is 18.2 Å². The molecule has 1 aliphatic rings. The molecule has 0 aliphatic heterocycles. The number of quaternary nitrogens is 1. The average Bonchev–Trinajstić information content (AvgIpc) is 2.73. The Kier molecular flexibility index (Phi) is 8.13. The maximum Gasteiger partial charge on any atom is 0.217 e. The molecule has 0 spiro atoms. The molecule has 32 heavy (non-hydrogen) atoms. The van der Waals surface area contributed by atoms with Gasteiger partial charge >= 0.3 is 0 Å². The van der Waals surface area contributed by atoms with E-state index in [4.69, 9.17) is 0 Å². The number of fused-ring (bicyclic) bond motifs is 2. The molecule has 0 radical (unpaired) electrons. The van der Waals surface area contributed by atoms with Crippen LogP contribution in [0.1, 0.15) is 38.3 Å². The zero-order valence-electron chi connectivity index (χ0n) is 18.9. The van der Waals surface area contributed by atoms with Crippen molar-refractivity contribution in [2.24, 2.45) is 0 Å². The summed E-state index contributed by atoms with van der Waals surface area (Å²) >= 11 is 0. The minimum Gasteiger partial charge on any atom is -0.726 e. The van der Waals surface area contributed by atoms with E-state index >= 15 is 0 Å². The number of ketones is 2. The van der Waals surface area contributed by atoms with Crippen molar-refractivity contribution in [3.05, 3.63) is 58.7 Å². The molecule has 0 atom stereocenters. The molecular weight excluding hydrogens is 434 g/mol. The van der Waals surface area contributed by atoms with E-state index in [0.717, 1.165) is 36.8 Å². The number of carbonyl (C=O) groups is 2. The fraction of sp³-hybridized carbons (Fsp3) is 0.364. The van der Waals surface area contributed by atoms with Crippen LogP contribution < -0.4 is 10.6 Å². The Morgan fingerprint density at radius 3 is 1.84 bits per heavy atom. The molecular formula is C22H29N3O6S. The van der Waals surface area contributed by atoms with Crippen molar-refractivity contribution in [3.63, 3.8) is 0 Å². The third-order valence-electron chi connectivity index (χ3n) is 4.87. The summed E-state index contributed by atoms with van der Waals surface area (Å²) in [7, 11) is 4.62. The lowest BCUT2D eigenvalue weighted by Crippen LogP contribution is -2.36. The van der Waals surface area contributed by atoms with Crippen molar-refractivity contribution in [2.45, 2.75) is 6.42 Å². The molecule has 0 amide bonds. The van der Waals surface area contributed by atoms with Crippen LogP contribution in [-0.2, 0) is 14.6 Å². The molecule has 0 aromatic heterocycles. The summed E-state index contributed by atoms with van der Waals surface area (Å²) in [6.45, 7) is 1.79. The second-order valence-electron chi connectivity index (χ2n) is 8.23. The number of nitrogens with zero attached hydrogens (tertiary/aromatic N) is 1. The molecule has 0 bridgehead atoms. The monoisotopic (exact) mass is 463 g/mol. The first kappa shape index (κ1) is 25.5. The zero-order valence-corrected chi connectivity index (χ0v) is 19.7. The summed E-state index contributed by atoms with van der Waals surface area (Å²) in [6, 6.07) is 10.8. The first-order valence-corrected chi connectivity index (χ1v) is 11.3. The highest BCUT2D eigenvalue weighted by Crippen LogP contribution is 2.35. The van der Waals surface area contributed by atoms with Crippen LogP contribution >= 0.6 is 0 Å². The van der Waals surface area contributed by atoms with E-state index in [0.29, 0.717) is 27.9 Å². The maximum atomic E-state index is 13.1. The third kappa shape index (κ3) is 6.36. The lowest BCUT2D eigenvalue weighted by atomic mass is 9.82. The van der Waals surface area contributed by atoms with Gasteiger partial charge < -0.3 is 19.7 Å². The van der Waals surface area contributed by atoms with Crippen molar-refractivity contribution in [1.82, 2.24) is 0 Å². The normalized spacial score (nSPS) is 12.9. The largest absolute Gasteiger partial charge is 0.726 e. The fourth-order valence-electron chi connectivity index (χ4n) is 3.37. The summed E-state index contributed by atoms with van der Waals surface area (Å²) in [6.07, 6.45) is 0.982. The Morgan fingerprint density at radius 1 is 0.938 bits per heavy atom. The molecule has 0 saturated heterocycles. The number of rotatable bonds is 7. The molecule has 0 fully saturated rings. The predicted octanol–water partition coefficient (Wildman–Crippen LogP) is 2.10. The number of hydrogen-bond acceptors (Lipinski definition) is 8. The molecule has 0 saturated carbocycles. The van der Waals surface area contributed by atoms with Gasteiger partial charge in [-0.05, 0) is 12.1 Å². The van der Waals surface area contributed by atoms with E-state index in [2.05, 4.69) is 36.0 Å². The smallest absolute Gasteiger partial charge is 0.217 e. The quantitative estimate of drug-likeness (QED) is 0.236. The van der Waals surface area contributed by atoms with Crippen LogP contribution in [0.15, 0.2) is 36.4 Å². The fourth-order valence-corrected chi connectivity index (χ4v) is 3.37. The van der Waals surface area contributed by atoms with Gasteiger partial charge in [0.2, 0.25) is 10.4 Å². The van der Waals surface area contributed by atoms with Gasteiger partial charge in [0.25, 0.3) is 0 Å². The lowest BCUT2D eigenvalue weighted by molar-refractivity contribution is -0.870. The van der Waals surface area contributed by atoms with Gasteiger partial charge in [-0.25, -0.2) is 8.42 Å². The van der Waals surface area contributed by atoms with Crippen molar-refractivity contribution in [2.75, 3.05) is 59.0 Å². The minimum absolute atomic E-state index is 0.0959. The van der Waals surface area contributed by atoms with Crippen LogP contribution in [0.4, 0.5) is 11.4 Å². The summed E-state index contributed by atoms with van der Waals surface area (Å²) < 4.78 is 31.9. The first-order chi connectivity index (χ1) is 14.9. The van der Waals surface area contributed by atoms with Crippen molar-refractivity contribution < 1.29 is 31.2 Å². The molecule has 174 valence electrons. The van der Waals surface area contributed by atoms with Crippen LogP contribution in [0, 0.1) is 0 Å². The maximum absolute atomic E-state index is 13.1. The van der Waals surface area contributed by atoms with Crippen molar-refractivity contribution in [3.8, 4) is 0 Å². The number of anilines is 2. The van der Waals surface area contributed by atoms with Crippen LogP contribution in [0.3, 0.4) is 0 Å². The topological polar surface area (TPSA) is 125 Å². The molecule has 0 heterocycles. The SMILES string of the molecule is CNc1cccc2c1C(=O)c1cccc(NCCC[N+](C)(C)C)c1C2=O.COS(=O)(=O)[O-]. The van der Waals surface area contributed by atoms with Gasteiger partial charge in [-0.3, -0.25) is 13.8 Å². The molecule has 1 aliphatic carbocycles. The van der Waals surface area contributed by atoms with Crippen molar-refractivity contribution in [1.29, 1.82) is 0 Å². The van der Waals surface area contributed by atoms with E-state index in [1.165, 1.54) is 0 Å². The van der Waals surface area contributed by atoms with E-state index < -0.39 is 10.4 Å². The molecule has 2 N–H and O–H groups in total. The molecule has 0 unspecified atom stereocenters. The highest BCUT2D eigenvalue weighted by atomic mass is 32.3. The number of hydrogen-bond donors (Lipinski definition) is 2. The second kappa shape index (κ2) is 10.2. The Morgan fingerprint density at radius 2 is 1.41 bits per heavy atom. The Bertz CT molecular complexity index is 1110. The molecule has 2 aromatic rings. The Hall–Kier alpha value is -2.79. The summed E-state index contributed by atoms with van der Waals surface area (Å²) in [5.41, 5.74) is 3.32. The van der Waals surface area contributed by atoms with Gasteiger partial charge in [-0.15, -0.1) is 0 Å². The van der Waals surface area contributed by atoms with E-state index in [-0.39, 0.29) is 11.6 Å².